The molecule has 3 saturated carbocycles. The van der Waals surface area contributed by atoms with Gasteiger partial charge in [0.2, 0.25) is 0 Å². The van der Waals surface area contributed by atoms with Crippen molar-refractivity contribution in [1.82, 2.24) is 0 Å². The molecular weight excluding hydrogens is 383 g/mol. The maximum atomic E-state index is 16.8. The monoisotopic (exact) mass is 408 g/mol. The third-order valence-electron chi connectivity index (χ3n) is 8.27. The van der Waals surface area contributed by atoms with Gasteiger partial charge in [-0.25, -0.2) is 4.39 Å². The fourth-order valence-corrected chi connectivity index (χ4v) is 6.68. The molecule has 4 aliphatic rings. The van der Waals surface area contributed by atoms with Crippen LogP contribution in [0.2, 0.25) is 0 Å². The minimum Gasteiger partial charge on any atom is -0.390 e. The van der Waals surface area contributed by atoms with Gasteiger partial charge in [-0.3, -0.25) is 14.4 Å². The summed E-state index contributed by atoms with van der Waals surface area (Å²) in [5.74, 6) is -3.73. The Hall–Kier alpha value is -1.74. The maximum absolute atomic E-state index is 16.8. The summed E-state index contributed by atoms with van der Waals surface area (Å²) < 4.78 is 16.8. The Kier molecular flexibility index (Phi) is 4.18. The maximum Gasteiger partial charge on any atom is 0.192 e. The van der Waals surface area contributed by atoms with E-state index in [0.717, 1.165) is 6.08 Å². The number of aliphatic hydroxyl groups is 4. The summed E-state index contributed by atoms with van der Waals surface area (Å²) in [6.07, 6.45) is -0.434. The number of alkyl halides is 1. The SMILES string of the molecule is C[C@]12C=CC(=O)C=C1C(=O)C[C@H]1[C@@H]3C[C@@H](O)[C@](O)(C(=O)CO)[C@@]3(C)C[C@H](O)[C@@]12F. The van der Waals surface area contributed by atoms with Gasteiger partial charge in [0.1, 0.15) is 6.61 Å². The first-order valence-corrected chi connectivity index (χ1v) is 9.78. The van der Waals surface area contributed by atoms with Crippen molar-refractivity contribution in [2.24, 2.45) is 22.7 Å². The van der Waals surface area contributed by atoms with Gasteiger partial charge < -0.3 is 20.4 Å². The largest absolute Gasteiger partial charge is 0.390 e. The van der Waals surface area contributed by atoms with Crippen molar-refractivity contribution in [2.45, 2.75) is 56.6 Å². The standard InChI is InChI=1S/C21H25FO7/c1-18-4-3-10(24)5-13(18)14(25)6-12-11-7-15(26)21(29,17(28)9-23)19(11,2)8-16(27)20(12,18)22/h3-5,11-12,15-16,23,26-27,29H,6-9H2,1-2H3/t11-,12-,15+,16-,18-,19-,20-,21-/m0/s1. The lowest BCUT2D eigenvalue weighted by Crippen LogP contribution is -2.70. The number of halogens is 1. The zero-order chi connectivity index (χ0) is 21.6. The van der Waals surface area contributed by atoms with Gasteiger partial charge in [-0.1, -0.05) is 13.0 Å². The van der Waals surface area contributed by atoms with Crippen LogP contribution in [0.25, 0.3) is 0 Å². The van der Waals surface area contributed by atoms with Crippen LogP contribution in [0.4, 0.5) is 4.39 Å². The van der Waals surface area contributed by atoms with Crippen molar-refractivity contribution in [2.75, 3.05) is 6.61 Å². The molecule has 0 saturated heterocycles. The summed E-state index contributed by atoms with van der Waals surface area (Å²) in [6, 6.07) is 0. The first kappa shape index (κ1) is 20.5. The van der Waals surface area contributed by atoms with E-state index in [0.29, 0.717) is 0 Å². The molecule has 0 radical (unpaired) electrons. The minimum absolute atomic E-state index is 0.00615. The van der Waals surface area contributed by atoms with Crippen molar-refractivity contribution in [1.29, 1.82) is 0 Å². The highest BCUT2D eigenvalue weighted by molar-refractivity contribution is 6.10. The Labute approximate surface area is 166 Å². The first-order chi connectivity index (χ1) is 13.4. The van der Waals surface area contributed by atoms with E-state index in [4.69, 9.17) is 0 Å². The summed E-state index contributed by atoms with van der Waals surface area (Å²) in [5, 5.41) is 42.0. The molecule has 4 rings (SSSR count). The normalized spacial score (nSPS) is 51.2. The zero-order valence-corrected chi connectivity index (χ0v) is 16.3. The van der Waals surface area contributed by atoms with E-state index < -0.39 is 70.1 Å². The third-order valence-corrected chi connectivity index (χ3v) is 8.27. The van der Waals surface area contributed by atoms with E-state index in [9.17, 15) is 34.8 Å². The molecule has 29 heavy (non-hydrogen) atoms. The van der Waals surface area contributed by atoms with Crippen LogP contribution < -0.4 is 0 Å². The molecule has 0 aromatic heterocycles. The molecule has 0 aromatic rings. The molecule has 8 heteroatoms. The Morgan fingerprint density at radius 3 is 2.48 bits per heavy atom. The number of rotatable bonds is 2. The zero-order valence-electron chi connectivity index (χ0n) is 16.3. The highest BCUT2D eigenvalue weighted by Gasteiger charge is 2.77. The van der Waals surface area contributed by atoms with Gasteiger partial charge in [-0.2, -0.15) is 0 Å². The highest BCUT2D eigenvalue weighted by atomic mass is 19.1. The van der Waals surface area contributed by atoms with Crippen LogP contribution in [0.15, 0.2) is 23.8 Å². The summed E-state index contributed by atoms with van der Waals surface area (Å²) in [6.45, 7) is 1.95. The Morgan fingerprint density at radius 1 is 1.21 bits per heavy atom. The van der Waals surface area contributed by atoms with Crippen molar-refractivity contribution < 1.29 is 39.2 Å². The number of hydrogen-bond acceptors (Lipinski definition) is 7. The second-order valence-corrected chi connectivity index (χ2v) is 9.34. The summed E-state index contributed by atoms with van der Waals surface area (Å²) in [4.78, 5) is 37.1. The van der Waals surface area contributed by atoms with Crippen LogP contribution in [0.3, 0.4) is 0 Å². The molecule has 0 heterocycles. The number of aliphatic hydroxyl groups excluding tert-OH is 3. The number of hydrogen-bond donors (Lipinski definition) is 4. The molecule has 158 valence electrons. The molecule has 3 fully saturated rings. The Morgan fingerprint density at radius 2 is 1.86 bits per heavy atom. The predicted octanol–water partition coefficient (Wildman–Crippen LogP) is -0.201. The number of fused-ring (bicyclic) bond motifs is 5. The van der Waals surface area contributed by atoms with Crippen LogP contribution in [-0.2, 0) is 14.4 Å². The average molecular weight is 408 g/mol. The number of carbonyl (C=O) groups excluding carboxylic acids is 3. The lowest BCUT2D eigenvalue weighted by atomic mass is 9.44. The molecule has 4 N–H and O–H groups in total. The van der Waals surface area contributed by atoms with E-state index in [2.05, 4.69) is 0 Å². The van der Waals surface area contributed by atoms with Gasteiger partial charge in [0.25, 0.3) is 0 Å². The average Bonchev–Trinajstić information content (AvgIpc) is 2.86. The molecule has 0 bridgehead atoms. The van der Waals surface area contributed by atoms with Gasteiger partial charge >= 0.3 is 0 Å². The van der Waals surface area contributed by atoms with Crippen LogP contribution in [0.5, 0.6) is 0 Å². The van der Waals surface area contributed by atoms with Crippen LogP contribution in [0.1, 0.15) is 33.1 Å². The van der Waals surface area contributed by atoms with E-state index in [1.807, 2.05) is 0 Å². The number of allylic oxidation sites excluding steroid dienone is 4. The van der Waals surface area contributed by atoms with E-state index in [1.165, 1.54) is 26.0 Å². The lowest BCUT2D eigenvalue weighted by molar-refractivity contribution is -0.220. The van der Waals surface area contributed by atoms with Gasteiger partial charge in [0.15, 0.2) is 28.6 Å². The van der Waals surface area contributed by atoms with Crippen molar-refractivity contribution in [3.05, 3.63) is 23.8 Å². The molecule has 0 aromatic carbocycles. The van der Waals surface area contributed by atoms with Crippen LogP contribution in [0, 0.1) is 22.7 Å². The minimum atomic E-state index is -2.35. The summed E-state index contributed by atoms with van der Waals surface area (Å²) in [7, 11) is 0. The topological polar surface area (TPSA) is 132 Å². The number of carbonyl (C=O) groups is 3. The van der Waals surface area contributed by atoms with Crippen molar-refractivity contribution in [3.63, 3.8) is 0 Å². The van der Waals surface area contributed by atoms with E-state index in [-0.39, 0.29) is 24.8 Å². The molecule has 0 spiro atoms. The Bertz CT molecular complexity index is 880. The summed E-state index contributed by atoms with van der Waals surface area (Å²) >= 11 is 0. The van der Waals surface area contributed by atoms with E-state index in [1.54, 1.807) is 0 Å². The van der Waals surface area contributed by atoms with Gasteiger partial charge in [-0.15, -0.1) is 0 Å². The van der Waals surface area contributed by atoms with Gasteiger partial charge in [0.05, 0.1) is 17.6 Å². The lowest BCUT2D eigenvalue weighted by Gasteiger charge is -2.61. The van der Waals surface area contributed by atoms with Gasteiger partial charge in [0, 0.05) is 23.3 Å². The number of Topliss-reactive ketones (excluding diaryl/α,β-unsaturated/α-hetero) is 2. The fourth-order valence-electron chi connectivity index (χ4n) is 6.68. The van der Waals surface area contributed by atoms with Crippen LogP contribution in [-0.4, -0.2) is 67.9 Å². The van der Waals surface area contributed by atoms with Crippen molar-refractivity contribution >= 4 is 17.3 Å². The molecule has 7 nitrogen and oxygen atoms in total. The predicted molar refractivity (Wildman–Crippen MR) is 97.2 cm³/mol. The third kappa shape index (κ3) is 2.13. The molecule has 0 amide bonds. The van der Waals surface area contributed by atoms with Crippen molar-refractivity contribution in [3.8, 4) is 0 Å². The highest BCUT2D eigenvalue weighted by Crippen LogP contribution is 2.69. The van der Waals surface area contributed by atoms with Crippen LogP contribution >= 0.6 is 0 Å². The Balaban J connectivity index is 1.88. The molecule has 4 aliphatic carbocycles. The quantitative estimate of drug-likeness (QED) is 0.497. The second-order valence-electron chi connectivity index (χ2n) is 9.34. The van der Waals surface area contributed by atoms with Gasteiger partial charge in [-0.05, 0) is 37.8 Å². The summed E-state index contributed by atoms with van der Waals surface area (Å²) in [5.41, 5.74) is -7.66. The smallest absolute Gasteiger partial charge is 0.192 e. The molecule has 0 unspecified atom stereocenters. The molecular formula is C21H25FO7. The fraction of sp³-hybridized carbons (Fsp3) is 0.667. The number of ketones is 3. The molecule has 0 aliphatic heterocycles. The second kappa shape index (κ2) is 5.91. The van der Waals surface area contributed by atoms with E-state index >= 15 is 4.39 Å². The molecule has 8 atom stereocenters. The first-order valence-electron chi connectivity index (χ1n) is 9.78.